The number of halogens is 3. The van der Waals surface area contributed by atoms with E-state index < -0.39 is 9.76 Å². The fourth-order valence-electron chi connectivity index (χ4n) is 0.392. The molecule has 0 bridgehead atoms. The van der Waals surface area contributed by atoms with Crippen LogP contribution in [0, 0.1) is 0 Å². The summed E-state index contributed by atoms with van der Waals surface area (Å²) in [5, 5.41) is 0. The summed E-state index contributed by atoms with van der Waals surface area (Å²) in [6.07, 6.45) is 2.33. The minimum absolute atomic E-state index is 0.0858. The van der Waals surface area contributed by atoms with E-state index in [1.165, 1.54) is 6.08 Å². The van der Waals surface area contributed by atoms with E-state index in [9.17, 15) is 4.79 Å². The lowest BCUT2D eigenvalue weighted by Gasteiger charge is -2.09. The molecule has 0 aromatic carbocycles. The molecule has 0 heterocycles. The molecule has 0 spiro atoms. The maximum Gasteiger partial charge on any atom is 0.332 e. The average molecular weight is 245 g/mol. The molecule has 0 aliphatic carbocycles. The number of allylic oxidation sites excluding steroid dienone is 1. The topological polar surface area (TPSA) is 52.3 Å². The molecule has 0 aliphatic rings. The summed E-state index contributed by atoms with van der Waals surface area (Å²) < 4.78 is 2.78. The Morgan fingerprint density at radius 2 is 2.08 bits per heavy atom. The Labute approximate surface area is 91.1 Å². The minimum atomic E-state index is -1.78. The number of hydrogen-bond donors (Lipinski definition) is 1. The standard InChI is InChI=1S/C7H8Cl3NO2/c1-2-3-13-6(12)4-5(11)7(8,9)10/h2,4H,1,3,11H2. The van der Waals surface area contributed by atoms with Crippen molar-refractivity contribution in [3.63, 3.8) is 0 Å². The van der Waals surface area contributed by atoms with Gasteiger partial charge in [-0.05, 0) is 0 Å². The van der Waals surface area contributed by atoms with Gasteiger partial charge >= 0.3 is 5.97 Å². The molecule has 6 heteroatoms. The molecule has 0 atom stereocenters. The lowest BCUT2D eigenvalue weighted by atomic mass is 10.4. The molecule has 0 aliphatic heterocycles. The second-order valence-corrected chi connectivity index (χ2v) is 4.30. The third kappa shape index (κ3) is 5.80. The number of hydrogen-bond acceptors (Lipinski definition) is 3. The third-order valence-corrected chi connectivity index (χ3v) is 1.60. The molecule has 0 amide bonds. The minimum Gasteiger partial charge on any atom is -0.458 e. The van der Waals surface area contributed by atoms with Gasteiger partial charge in [-0.3, -0.25) is 0 Å². The van der Waals surface area contributed by atoms with Crippen LogP contribution in [0.2, 0.25) is 0 Å². The molecule has 0 rings (SSSR count). The van der Waals surface area contributed by atoms with Crippen molar-refractivity contribution in [2.45, 2.75) is 3.79 Å². The van der Waals surface area contributed by atoms with E-state index in [0.29, 0.717) is 0 Å². The van der Waals surface area contributed by atoms with Crippen LogP contribution in [0.1, 0.15) is 0 Å². The van der Waals surface area contributed by atoms with Gasteiger partial charge in [-0.1, -0.05) is 47.5 Å². The van der Waals surface area contributed by atoms with Crippen molar-refractivity contribution >= 4 is 40.8 Å². The number of esters is 1. The normalized spacial score (nSPS) is 12.4. The van der Waals surface area contributed by atoms with Crippen molar-refractivity contribution < 1.29 is 9.53 Å². The van der Waals surface area contributed by atoms with Crippen molar-refractivity contribution in [3.05, 3.63) is 24.4 Å². The highest BCUT2D eigenvalue weighted by Gasteiger charge is 2.24. The van der Waals surface area contributed by atoms with Gasteiger partial charge in [-0.25, -0.2) is 4.79 Å². The summed E-state index contributed by atoms with van der Waals surface area (Å²) in [5.74, 6) is -0.677. The molecule has 0 aromatic rings. The van der Waals surface area contributed by atoms with Crippen LogP contribution in [0.4, 0.5) is 0 Å². The van der Waals surface area contributed by atoms with Gasteiger partial charge in [0, 0.05) is 6.08 Å². The average Bonchev–Trinajstić information content (AvgIpc) is 1.99. The van der Waals surface area contributed by atoms with E-state index >= 15 is 0 Å². The van der Waals surface area contributed by atoms with Gasteiger partial charge in [0.05, 0.1) is 5.70 Å². The van der Waals surface area contributed by atoms with Crippen LogP contribution in [-0.4, -0.2) is 16.4 Å². The second kappa shape index (κ2) is 5.37. The smallest absolute Gasteiger partial charge is 0.332 e. The zero-order valence-electron chi connectivity index (χ0n) is 6.60. The first-order valence-corrected chi connectivity index (χ1v) is 4.33. The number of alkyl halides is 3. The van der Waals surface area contributed by atoms with Gasteiger partial charge in [-0.15, -0.1) is 0 Å². The summed E-state index contributed by atoms with van der Waals surface area (Å²) in [6.45, 7) is 3.44. The van der Waals surface area contributed by atoms with E-state index in [0.717, 1.165) is 6.08 Å². The van der Waals surface area contributed by atoms with E-state index in [2.05, 4.69) is 11.3 Å². The van der Waals surface area contributed by atoms with Crippen molar-refractivity contribution in [3.8, 4) is 0 Å². The van der Waals surface area contributed by atoms with E-state index in [-0.39, 0.29) is 12.3 Å². The molecular weight excluding hydrogens is 236 g/mol. The van der Waals surface area contributed by atoms with Crippen LogP contribution >= 0.6 is 34.8 Å². The number of ether oxygens (including phenoxy) is 1. The van der Waals surface area contributed by atoms with E-state index in [1.54, 1.807) is 0 Å². The highest BCUT2D eigenvalue weighted by molar-refractivity contribution is 6.69. The highest BCUT2D eigenvalue weighted by Crippen LogP contribution is 2.31. The predicted molar refractivity (Wildman–Crippen MR) is 53.7 cm³/mol. The van der Waals surface area contributed by atoms with Crippen LogP contribution in [0.5, 0.6) is 0 Å². The third-order valence-electron chi connectivity index (χ3n) is 0.944. The summed E-state index contributed by atoms with van der Waals surface area (Å²) >= 11 is 16.1. The first kappa shape index (κ1) is 12.6. The predicted octanol–water partition coefficient (Wildman–Crippen LogP) is 1.93. The fourth-order valence-corrected chi connectivity index (χ4v) is 0.555. The van der Waals surface area contributed by atoms with Crippen molar-refractivity contribution in [1.82, 2.24) is 0 Å². The first-order chi connectivity index (χ1) is 5.88. The summed E-state index contributed by atoms with van der Waals surface area (Å²) in [5.41, 5.74) is 5.07. The molecule has 2 N–H and O–H groups in total. The Morgan fingerprint density at radius 3 is 2.46 bits per heavy atom. The van der Waals surface area contributed by atoms with Crippen LogP contribution < -0.4 is 5.73 Å². The lowest BCUT2D eigenvalue weighted by molar-refractivity contribution is -0.136. The maximum atomic E-state index is 10.9. The van der Waals surface area contributed by atoms with Crippen LogP contribution in [0.3, 0.4) is 0 Å². The number of carbonyl (C=O) groups excluding carboxylic acids is 1. The van der Waals surface area contributed by atoms with Gasteiger partial charge in [0.15, 0.2) is 0 Å². The molecule has 0 saturated carbocycles. The Hall–Kier alpha value is -0.380. The van der Waals surface area contributed by atoms with Crippen molar-refractivity contribution in [2.24, 2.45) is 5.73 Å². The van der Waals surface area contributed by atoms with Crippen molar-refractivity contribution in [2.75, 3.05) is 6.61 Å². The lowest BCUT2D eigenvalue weighted by Crippen LogP contribution is -2.18. The van der Waals surface area contributed by atoms with Gasteiger partial charge in [-0.2, -0.15) is 0 Å². The SMILES string of the molecule is C=CCOC(=O)C=C(N)C(Cl)(Cl)Cl. The van der Waals surface area contributed by atoms with Gasteiger partial charge in [0.2, 0.25) is 3.79 Å². The first-order valence-electron chi connectivity index (χ1n) is 3.20. The van der Waals surface area contributed by atoms with E-state index in [1.807, 2.05) is 0 Å². The summed E-state index contributed by atoms with van der Waals surface area (Å²) in [7, 11) is 0. The molecule has 0 saturated heterocycles. The number of carbonyl (C=O) groups is 1. The Bertz CT molecular complexity index is 232. The molecule has 0 fully saturated rings. The Balaban J connectivity index is 4.22. The van der Waals surface area contributed by atoms with Crippen molar-refractivity contribution in [1.29, 1.82) is 0 Å². The van der Waals surface area contributed by atoms with Crippen LogP contribution in [-0.2, 0) is 9.53 Å². The van der Waals surface area contributed by atoms with Gasteiger partial charge in [0.1, 0.15) is 6.61 Å². The Kier molecular flexibility index (Phi) is 5.21. The second-order valence-electron chi connectivity index (χ2n) is 2.02. The molecule has 74 valence electrons. The van der Waals surface area contributed by atoms with Crippen LogP contribution in [0.25, 0.3) is 0 Å². The van der Waals surface area contributed by atoms with Gasteiger partial charge in [0.25, 0.3) is 0 Å². The molecule has 0 unspecified atom stereocenters. The zero-order valence-corrected chi connectivity index (χ0v) is 8.86. The Morgan fingerprint density at radius 1 is 1.54 bits per heavy atom. The molecule has 0 radical (unpaired) electrons. The highest BCUT2D eigenvalue weighted by atomic mass is 35.6. The van der Waals surface area contributed by atoms with Crippen LogP contribution in [0.15, 0.2) is 24.4 Å². The maximum absolute atomic E-state index is 10.9. The molecule has 0 aromatic heterocycles. The summed E-state index contributed by atoms with van der Waals surface area (Å²) in [6, 6.07) is 0. The number of rotatable bonds is 3. The summed E-state index contributed by atoms with van der Waals surface area (Å²) in [4.78, 5) is 10.9. The quantitative estimate of drug-likeness (QED) is 0.357. The largest absolute Gasteiger partial charge is 0.458 e. The molecule has 13 heavy (non-hydrogen) atoms. The van der Waals surface area contributed by atoms with E-state index in [4.69, 9.17) is 40.5 Å². The molecular formula is C7H8Cl3NO2. The molecule has 3 nitrogen and oxygen atoms in total. The monoisotopic (exact) mass is 243 g/mol. The fraction of sp³-hybridized carbons (Fsp3) is 0.286. The zero-order chi connectivity index (χ0) is 10.5. The van der Waals surface area contributed by atoms with Gasteiger partial charge < -0.3 is 10.5 Å². The number of nitrogens with two attached hydrogens (primary N) is 1.